The topological polar surface area (TPSA) is 169 Å². The molecule has 0 heterocycles. The van der Waals surface area contributed by atoms with E-state index in [9.17, 15) is 34.1 Å². The Hall–Kier alpha value is -1.52. The van der Waals surface area contributed by atoms with Crippen molar-refractivity contribution in [2.75, 3.05) is 19.8 Å². The Morgan fingerprint density at radius 3 is 1.86 bits per heavy atom. The molecule has 1 amide bonds. The summed E-state index contributed by atoms with van der Waals surface area (Å²) in [6.45, 7) is 2.21. The number of hydrogen-bond acceptors (Lipinski definition) is 8. The quantitative estimate of drug-likeness (QED) is 0.0796. The number of phosphoric ester groups is 1. The molecule has 0 rings (SSSR count). The molecule has 0 saturated heterocycles. The number of nitrogens with one attached hydrogen (secondary N) is 1. The normalized spacial score (nSPS) is 14.6. The Morgan fingerprint density at radius 1 is 0.778 bits per heavy atom. The van der Waals surface area contributed by atoms with Gasteiger partial charge in [-0.2, -0.15) is 0 Å². The van der Waals surface area contributed by atoms with Crippen LogP contribution in [0.15, 0.2) is 0 Å². The number of phosphoric acid groups is 1. The summed E-state index contributed by atoms with van der Waals surface area (Å²) in [6.07, 6.45) is 11.5. The molecule has 0 aromatic rings. The molecule has 0 spiro atoms. The summed E-state index contributed by atoms with van der Waals surface area (Å²) in [5, 5.41) is 21.3. The highest BCUT2D eigenvalue weighted by Gasteiger charge is 2.28. The molecular weight excluding hydrogens is 493 g/mol. The van der Waals surface area contributed by atoms with E-state index < -0.39 is 57.6 Å². The SMILES string of the molecule is CCCCCCCCCCCCC(=O)NC(COP(=O)(O)OCC(O)COC(=O)CCCC)C(=O)O. The van der Waals surface area contributed by atoms with Gasteiger partial charge in [0.25, 0.3) is 0 Å². The number of esters is 1. The van der Waals surface area contributed by atoms with Crippen molar-refractivity contribution in [2.24, 2.45) is 0 Å². The highest BCUT2D eigenvalue weighted by atomic mass is 31.2. The second-order valence-corrected chi connectivity index (χ2v) is 10.3. The zero-order valence-corrected chi connectivity index (χ0v) is 22.7. The zero-order chi connectivity index (χ0) is 27.2. The monoisotopic (exact) mass is 539 g/mol. The van der Waals surface area contributed by atoms with E-state index in [0.29, 0.717) is 12.8 Å². The lowest BCUT2D eigenvalue weighted by Gasteiger charge is -2.18. The number of aliphatic carboxylic acids is 1. The number of aliphatic hydroxyl groups is 1. The van der Waals surface area contributed by atoms with Gasteiger partial charge in [0.05, 0.1) is 13.2 Å². The minimum absolute atomic E-state index is 0.150. The molecule has 12 heteroatoms. The van der Waals surface area contributed by atoms with Crippen molar-refractivity contribution in [3.8, 4) is 0 Å². The summed E-state index contributed by atoms with van der Waals surface area (Å²) in [5.74, 6) is -2.41. The van der Waals surface area contributed by atoms with Crippen molar-refractivity contribution in [3.05, 3.63) is 0 Å². The van der Waals surface area contributed by atoms with Crippen LogP contribution in [0.4, 0.5) is 0 Å². The van der Waals surface area contributed by atoms with Crippen molar-refractivity contribution < 1.29 is 47.8 Å². The van der Waals surface area contributed by atoms with Crippen LogP contribution in [0.25, 0.3) is 0 Å². The van der Waals surface area contributed by atoms with Crippen LogP contribution < -0.4 is 5.32 Å². The first kappa shape index (κ1) is 34.5. The van der Waals surface area contributed by atoms with Crippen LogP contribution >= 0.6 is 7.82 Å². The number of carboxylic acids is 1. The fourth-order valence-electron chi connectivity index (χ4n) is 3.23. The van der Waals surface area contributed by atoms with E-state index in [2.05, 4.69) is 21.3 Å². The molecule has 0 aromatic carbocycles. The molecule has 0 radical (unpaired) electrons. The van der Waals surface area contributed by atoms with Crippen molar-refractivity contribution in [1.82, 2.24) is 5.32 Å². The van der Waals surface area contributed by atoms with Crippen molar-refractivity contribution >= 4 is 25.7 Å². The molecule has 0 saturated carbocycles. The fourth-order valence-corrected chi connectivity index (χ4v) is 4.00. The molecule has 11 nitrogen and oxygen atoms in total. The summed E-state index contributed by atoms with van der Waals surface area (Å²) < 4.78 is 26.1. The van der Waals surface area contributed by atoms with Crippen LogP contribution in [0.5, 0.6) is 0 Å². The molecule has 0 aliphatic heterocycles. The second-order valence-electron chi connectivity index (χ2n) is 8.89. The number of carbonyl (C=O) groups is 3. The third kappa shape index (κ3) is 20.7. The highest BCUT2D eigenvalue weighted by Crippen LogP contribution is 2.43. The van der Waals surface area contributed by atoms with Gasteiger partial charge in [0.15, 0.2) is 6.04 Å². The molecule has 0 fully saturated rings. The van der Waals surface area contributed by atoms with Crippen LogP contribution in [0.2, 0.25) is 0 Å². The van der Waals surface area contributed by atoms with Gasteiger partial charge < -0.3 is 25.2 Å². The number of amides is 1. The molecule has 0 aromatic heterocycles. The number of rotatable bonds is 24. The van der Waals surface area contributed by atoms with Crippen molar-refractivity contribution in [1.29, 1.82) is 0 Å². The smallest absolute Gasteiger partial charge is 0.472 e. The van der Waals surface area contributed by atoms with Gasteiger partial charge in [-0.1, -0.05) is 78.1 Å². The van der Waals surface area contributed by atoms with Gasteiger partial charge in [-0.25, -0.2) is 9.36 Å². The highest BCUT2D eigenvalue weighted by molar-refractivity contribution is 7.47. The first-order chi connectivity index (χ1) is 17.1. The van der Waals surface area contributed by atoms with Gasteiger partial charge in [0.1, 0.15) is 12.7 Å². The molecule has 212 valence electrons. The number of ether oxygens (including phenoxy) is 1. The van der Waals surface area contributed by atoms with Gasteiger partial charge in [-0.15, -0.1) is 0 Å². The lowest BCUT2D eigenvalue weighted by Crippen LogP contribution is -2.43. The maximum Gasteiger partial charge on any atom is 0.472 e. The average Bonchev–Trinajstić information content (AvgIpc) is 2.83. The molecular formula is C24H46NO10P. The maximum atomic E-state index is 12.1. The van der Waals surface area contributed by atoms with Gasteiger partial charge in [-0.3, -0.25) is 18.6 Å². The Morgan fingerprint density at radius 2 is 1.31 bits per heavy atom. The fraction of sp³-hybridized carbons (Fsp3) is 0.875. The summed E-state index contributed by atoms with van der Waals surface area (Å²) in [5.41, 5.74) is 0. The standard InChI is InChI=1S/C24H46NO10P/c1-3-5-7-8-9-10-11-12-13-14-15-22(27)25-21(24(29)30)19-35-36(31,32)34-18-20(26)17-33-23(28)16-6-4-2/h20-21,26H,3-19H2,1-2H3,(H,25,27)(H,29,30)(H,31,32). The average molecular weight is 540 g/mol. The Balaban J connectivity index is 4.13. The second kappa shape index (κ2) is 21.6. The Kier molecular flexibility index (Phi) is 20.6. The number of hydrogen-bond donors (Lipinski definition) is 4. The van der Waals surface area contributed by atoms with E-state index in [4.69, 9.17) is 4.74 Å². The third-order valence-corrected chi connectivity index (χ3v) is 6.35. The molecule has 36 heavy (non-hydrogen) atoms. The van der Waals surface area contributed by atoms with Crippen molar-refractivity contribution in [2.45, 2.75) is 116 Å². The summed E-state index contributed by atoms with van der Waals surface area (Å²) in [4.78, 5) is 44.6. The Bertz CT molecular complexity index is 661. The van der Waals surface area contributed by atoms with E-state index in [-0.39, 0.29) is 12.8 Å². The minimum atomic E-state index is -4.71. The van der Waals surface area contributed by atoms with Crippen LogP contribution in [-0.2, 0) is 32.7 Å². The minimum Gasteiger partial charge on any atom is -0.480 e. The van der Waals surface area contributed by atoms with E-state index in [0.717, 1.165) is 25.7 Å². The Labute approximate surface area is 214 Å². The van der Waals surface area contributed by atoms with E-state index in [1.807, 2.05) is 6.92 Å². The first-order valence-corrected chi connectivity index (χ1v) is 14.6. The number of carbonyl (C=O) groups excluding carboxylic acids is 2. The van der Waals surface area contributed by atoms with Crippen LogP contribution in [0.3, 0.4) is 0 Å². The molecule has 3 unspecified atom stereocenters. The van der Waals surface area contributed by atoms with Crippen LogP contribution in [0, 0.1) is 0 Å². The van der Waals surface area contributed by atoms with E-state index in [1.54, 1.807) is 0 Å². The van der Waals surface area contributed by atoms with Crippen LogP contribution in [0.1, 0.15) is 104 Å². The number of carboxylic acid groups (broad SMARTS) is 1. The van der Waals surface area contributed by atoms with Gasteiger partial charge in [0.2, 0.25) is 5.91 Å². The first-order valence-electron chi connectivity index (χ1n) is 13.1. The molecule has 4 N–H and O–H groups in total. The van der Waals surface area contributed by atoms with Crippen LogP contribution in [-0.4, -0.2) is 64.9 Å². The van der Waals surface area contributed by atoms with E-state index >= 15 is 0 Å². The van der Waals surface area contributed by atoms with Crippen molar-refractivity contribution in [3.63, 3.8) is 0 Å². The molecule has 0 aliphatic rings. The number of aliphatic hydroxyl groups excluding tert-OH is 1. The lowest BCUT2D eigenvalue weighted by atomic mass is 10.1. The summed E-state index contributed by atoms with van der Waals surface area (Å²) in [6, 6.07) is -1.53. The predicted molar refractivity (Wildman–Crippen MR) is 134 cm³/mol. The third-order valence-electron chi connectivity index (χ3n) is 5.40. The summed E-state index contributed by atoms with van der Waals surface area (Å²) in [7, 11) is -4.71. The lowest BCUT2D eigenvalue weighted by molar-refractivity contribution is -0.147. The number of unbranched alkanes of at least 4 members (excludes halogenated alkanes) is 10. The van der Waals surface area contributed by atoms with Gasteiger partial charge in [-0.05, 0) is 12.8 Å². The maximum absolute atomic E-state index is 12.1. The van der Waals surface area contributed by atoms with Gasteiger partial charge in [0, 0.05) is 12.8 Å². The largest absolute Gasteiger partial charge is 0.480 e. The van der Waals surface area contributed by atoms with E-state index in [1.165, 1.54) is 38.5 Å². The predicted octanol–water partition coefficient (Wildman–Crippen LogP) is 4.09. The van der Waals surface area contributed by atoms with Gasteiger partial charge >= 0.3 is 19.8 Å². The molecule has 3 atom stereocenters. The summed E-state index contributed by atoms with van der Waals surface area (Å²) >= 11 is 0. The molecule has 0 aliphatic carbocycles. The molecule has 0 bridgehead atoms. The zero-order valence-electron chi connectivity index (χ0n) is 21.8.